The van der Waals surface area contributed by atoms with E-state index in [-0.39, 0.29) is 0 Å². The number of rotatable bonds is 5. The zero-order valence-electron chi connectivity index (χ0n) is 13.4. The molecule has 2 N–H and O–H groups in total. The van der Waals surface area contributed by atoms with Crippen LogP contribution in [0.15, 0.2) is 42.5 Å². The molecule has 1 aromatic heterocycles. The van der Waals surface area contributed by atoms with E-state index in [1.165, 1.54) is 0 Å². The summed E-state index contributed by atoms with van der Waals surface area (Å²) in [6.07, 6.45) is 0. The smallest absolute Gasteiger partial charge is 0.216 e. The Morgan fingerprint density at radius 3 is 2.54 bits per heavy atom. The Balaban J connectivity index is 1.83. The van der Waals surface area contributed by atoms with Crippen molar-refractivity contribution in [3.63, 3.8) is 0 Å². The van der Waals surface area contributed by atoms with Gasteiger partial charge in [0.25, 0.3) is 0 Å². The highest BCUT2D eigenvalue weighted by atomic mass is 35.5. The van der Waals surface area contributed by atoms with Crippen LogP contribution in [0.3, 0.4) is 0 Å². The van der Waals surface area contributed by atoms with Gasteiger partial charge in [-0.3, -0.25) is 0 Å². The standard InChI is InChI=1S/C18H17ClN2O3/c1-22-16-6-3-11(7-17(16)23-2)10-24-18-9-14(20)13-5-4-12(19)8-15(13)21-18/h3-9H,10H2,1-2H3,(H2,20,21). The number of hydrogen-bond donors (Lipinski definition) is 1. The highest BCUT2D eigenvalue weighted by Gasteiger charge is 2.08. The van der Waals surface area contributed by atoms with Crippen molar-refractivity contribution in [2.75, 3.05) is 20.0 Å². The van der Waals surface area contributed by atoms with Gasteiger partial charge >= 0.3 is 0 Å². The van der Waals surface area contributed by atoms with Gasteiger partial charge in [-0.05, 0) is 35.9 Å². The third-order valence-corrected chi connectivity index (χ3v) is 3.85. The van der Waals surface area contributed by atoms with Gasteiger partial charge in [0.1, 0.15) is 6.61 Å². The first kappa shape index (κ1) is 16.2. The number of pyridine rings is 1. The first-order chi connectivity index (χ1) is 11.6. The van der Waals surface area contributed by atoms with Crippen molar-refractivity contribution in [3.05, 3.63) is 53.1 Å². The summed E-state index contributed by atoms with van der Waals surface area (Å²) in [5.41, 5.74) is 8.28. The predicted octanol–water partition coefficient (Wildman–Crippen LogP) is 4.07. The third kappa shape index (κ3) is 3.31. The van der Waals surface area contributed by atoms with Crippen LogP contribution in [0.25, 0.3) is 10.9 Å². The Bertz CT molecular complexity index is 884. The maximum atomic E-state index is 6.06. The summed E-state index contributed by atoms with van der Waals surface area (Å²) in [5, 5.41) is 1.45. The van der Waals surface area contributed by atoms with E-state index in [4.69, 9.17) is 31.5 Å². The third-order valence-electron chi connectivity index (χ3n) is 3.62. The second-order valence-electron chi connectivity index (χ2n) is 5.19. The van der Waals surface area contributed by atoms with E-state index in [1.807, 2.05) is 24.3 Å². The van der Waals surface area contributed by atoms with E-state index in [0.29, 0.717) is 40.2 Å². The molecule has 0 atom stereocenters. The largest absolute Gasteiger partial charge is 0.493 e. The number of hydrogen-bond acceptors (Lipinski definition) is 5. The van der Waals surface area contributed by atoms with Gasteiger partial charge in [-0.1, -0.05) is 17.7 Å². The van der Waals surface area contributed by atoms with Gasteiger partial charge in [-0.2, -0.15) is 0 Å². The normalized spacial score (nSPS) is 10.6. The van der Waals surface area contributed by atoms with Crippen LogP contribution >= 0.6 is 11.6 Å². The minimum atomic E-state index is 0.332. The number of ether oxygens (including phenoxy) is 3. The van der Waals surface area contributed by atoms with Gasteiger partial charge < -0.3 is 19.9 Å². The highest BCUT2D eigenvalue weighted by molar-refractivity contribution is 6.31. The number of fused-ring (bicyclic) bond motifs is 1. The fraction of sp³-hybridized carbons (Fsp3) is 0.167. The van der Waals surface area contributed by atoms with Gasteiger partial charge in [-0.15, -0.1) is 0 Å². The van der Waals surface area contributed by atoms with Gasteiger partial charge in [0.15, 0.2) is 11.5 Å². The molecule has 0 bridgehead atoms. The minimum absolute atomic E-state index is 0.332. The Hall–Kier alpha value is -2.66. The number of nitrogens with zero attached hydrogens (tertiary/aromatic N) is 1. The summed E-state index contributed by atoms with van der Waals surface area (Å²) in [6.45, 7) is 0.332. The van der Waals surface area contributed by atoms with E-state index in [9.17, 15) is 0 Å². The molecular formula is C18H17ClN2O3. The van der Waals surface area contributed by atoms with Crippen molar-refractivity contribution in [1.82, 2.24) is 4.98 Å². The van der Waals surface area contributed by atoms with Crippen molar-refractivity contribution in [3.8, 4) is 17.4 Å². The molecular weight excluding hydrogens is 328 g/mol. The van der Waals surface area contributed by atoms with Gasteiger partial charge in [-0.25, -0.2) is 4.98 Å². The van der Waals surface area contributed by atoms with Crippen LogP contribution in [0.4, 0.5) is 5.69 Å². The van der Waals surface area contributed by atoms with Crippen molar-refractivity contribution in [2.45, 2.75) is 6.61 Å². The summed E-state index contributed by atoms with van der Waals surface area (Å²) in [7, 11) is 3.19. The molecule has 0 radical (unpaired) electrons. The van der Waals surface area contributed by atoms with E-state index in [0.717, 1.165) is 10.9 Å². The molecule has 3 aromatic rings. The van der Waals surface area contributed by atoms with Crippen molar-refractivity contribution < 1.29 is 14.2 Å². The second-order valence-corrected chi connectivity index (χ2v) is 5.63. The lowest BCUT2D eigenvalue weighted by Crippen LogP contribution is -2.00. The first-order valence-corrected chi connectivity index (χ1v) is 7.68. The Labute approximate surface area is 144 Å². The fourth-order valence-electron chi connectivity index (χ4n) is 2.40. The van der Waals surface area contributed by atoms with Crippen LogP contribution in [0.5, 0.6) is 17.4 Å². The Morgan fingerprint density at radius 2 is 1.79 bits per heavy atom. The molecule has 0 fully saturated rings. The summed E-state index contributed by atoms with van der Waals surface area (Å²) in [4.78, 5) is 4.45. The average Bonchev–Trinajstić information content (AvgIpc) is 2.59. The molecule has 0 saturated heterocycles. The van der Waals surface area contributed by atoms with E-state index >= 15 is 0 Å². The quantitative estimate of drug-likeness (QED) is 0.755. The van der Waals surface area contributed by atoms with Gasteiger partial charge in [0, 0.05) is 22.2 Å². The van der Waals surface area contributed by atoms with Crippen molar-refractivity contribution >= 4 is 28.2 Å². The van der Waals surface area contributed by atoms with Crippen LogP contribution < -0.4 is 19.9 Å². The fourth-order valence-corrected chi connectivity index (χ4v) is 2.57. The van der Waals surface area contributed by atoms with Crippen molar-refractivity contribution in [1.29, 1.82) is 0 Å². The summed E-state index contributed by atoms with van der Waals surface area (Å²) < 4.78 is 16.3. The van der Waals surface area contributed by atoms with Crippen LogP contribution in [0.1, 0.15) is 5.56 Å². The Morgan fingerprint density at radius 1 is 1.00 bits per heavy atom. The Kier molecular flexibility index (Phi) is 4.62. The SMILES string of the molecule is COc1ccc(COc2cc(N)c3ccc(Cl)cc3n2)cc1OC. The van der Waals surface area contributed by atoms with Gasteiger partial charge in [0.05, 0.1) is 19.7 Å². The number of methoxy groups -OCH3 is 2. The molecule has 0 amide bonds. The molecule has 6 heteroatoms. The molecule has 0 spiro atoms. The second kappa shape index (κ2) is 6.84. The molecule has 0 aliphatic carbocycles. The van der Waals surface area contributed by atoms with Crippen LogP contribution in [-0.4, -0.2) is 19.2 Å². The van der Waals surface area contributed by atoms with E-state index < -0.39 is 0 Å². The number of nitrogen functional groups attached to an aromatic ring is 1. The lowest BCUT2D eigenvalue weighted by atomic mass is 10.2. The molecule has 5 nitrogen and oxygen atoms in total. The molecule has 3 rings (SSSR count). The summed E-state index contributed by atoms with van der Waals surface area (Å²) in [5.74, 6) is 1.76. The van der Waals surface area contributed by atoms with Crippen LogP contribution in [0.2, 0.25) is 5.02 Å². The zero-order valence-corrected chi connectivity index (χ0v) is 14.1. The number of benzene rings is 2. The van der Waals surface area contributed by atoms with E-state index in [1.54, 1.807) is 32.4 Å². The summed E-state index contributed by atoms with van der Waals surface area (Å²) in [6, 6.07) is 12.7. The molecule has 1 heterocycles. The maximum absolute atomic E-state index is 6.06. The van der Waals surface area contributed by atoms with Crippen LogP contribution in [0, 0.1) is 0 Å². The molecule has 2 aromatic carbocycles. The van der Waals surface area contributed by atoms with Gasteiger partial charge in [0.2, 0.25) is 5.88 Å². The first-order valence-electron chi connectivity index (χ1n) is 7.30. The van der Waals surface area contributed by atoms with E-state index in [2.05, 4.69) is 4.98 Å². The molecule has 0 aliphatic heterocycles. The van der Waals surface area contributed by atoms with Crippen molar-refractivity contribution in [2.24, 2.45) is 0 Å². The maximum Gasteiger partial charge on any atom is 0.216 e. The monoisotopic (exact) mass is 344 g/mol. The molecule has 0 aliphatic rings. The molecule has 0 saturated carbocycles. The molecule has 0 unspecified atom stereocenters. The number of halogens is 1. The number of nitrogens with two attached hydrogens (primary N) is 1. The van der Waals surface area contributed by atoms with Crippen LogP contribution in [-0.2, 0) is 6.61 Å². The minimum Gasteiger partial charge on any atom is -0.493 e. The molecule has 24 heavy (non-hydrogen) atoms. The predicted molar refractivity (Wildman–Crippen MR) is 95.0 cm³/mol. The highest BCUT2D eigenvalue weighted by Crippen LogP contribution is 2.29. The number of anilines is 1. The lowest BCUT2D eigenvalue weighted by molar-refractivity contribution is 0.293. The summed E-state index contributed by atoms with van der Waals surface area (Å²) >= 11 is 6.01. The lowest BCUT2D eigenvalue weighted by Gasteiger charge is -2.11. The number of aromatic nitrogens is 1. The molecule has 124 valence electrons. The average molecular weight is 345 g/mol. The zero-order chi connectivity index (χ0) is 17.1. The topological polar surface area (TPSA) is 66.6 Å².